The lowest BCUT2D eigenvalue weighted by molar-refractivity contribution is 0.386. The fourth-order valence-corrected chi connectivity index (χ4v) is 2.18. The molecule has 1 aromatic heterocycles. The van der Waals surface area contributed by atoms with E-state index < -0.39 is 0 Å². The topological polar surface area (TPSA) is 42.7 Å². The molecule has 1 heterocycles. The molecule has 4 heteroatoms. The summed E-state index contributed by atoms with van der Waals surface area (Å²) in [5, 5.41) is 11.6. The number of hydrogen-bond acceptors (Lipinski definition) is 3. The molecule has 0 amide bonds. The predicted octanol–water partition coefficient (Wildman–Crippen LogP) is 2.57. The van der Waals surface area contributed by atoms with Crippen molar-refractivity contribution in [3.63, 3.8) is 0 Å². The summed E-state index contributed by atoms with van der Waals surface area (Å²) >= 11 is 0. The lowest BCUT2D eigenvalue weighted by atomic mass is 9.96. The Morgan fingerprint density at radius 2 is 2.00 bits per heavy atom. The highest BCUT2D eigenvalue weighted by Crippen LogP contribution is 2.24. The van der Waals surface area contributed by atoms with Gasteiger partial charge in [0.15, 0.2) is 0 Å². The molecule has 2 rings (SSSR count). The molecule has 0 aliphatic rings. The monoisotopic (exact) mass is 244 g/mol. The Morgan fingerprint density at radius 3 is 2.61 bits per heavy atom. The highest BCUT2D eigenvalue weighted by Gasteiger charge is 2.21. The van der Waals surface area contributed by atoms with Crippen LogP contribution in [-0.2, 0) is 0 Å². The maximum Gasteiger partial charge on any atom is 0.0817 e. The van der Waals surface area contributed by atoms with Crippen LogP contribution >= 0.6 is 0 Å². The fourth-order valence-electron chi connectivity index (χ4n) is 2.18. The second kappa shape index (κ2) is 5.78. The number of benzene rings is 1. The van der Waals surface area contributed by atoms with Crippen LogP contribution in [0, 0.1) is 5.92 Å². The maximum atomic E-state index is 4.20. The molecular weight excluding hydrogens is 224 g/mol. The molecule has 2 aromatic rings. The van der Waals surface area contributed by atoms with Crippen molar-refractivity contribution in [1.29, 1.82) is 0 Å². The van der Waals surface area contributed by atoms with Crippen LogP contribution in [0.1, 0.15) is 32.0 Å². The van der Waals surface area contributed by atoms with Gasteiger partial charge in [-0.05, 0) is 25.1 Å². The molecule has 0 saturated carbocycles. The number of hydrogen-bond donors (Lipinski definition) is 1. The normalized spacial score (nSPS) is 14.4. The third kappa shape index (κ3) is 2.43. The number of aromatic nitrogens is 3. The molecule has 2 unspecified atom stereocenters. The van der Waals surface area contributed by atoms with Gasteiger partial charge in [0.2, 0.25) is 0 Å². The standard InChI is InChI=1S/C14H20N4/c1-4-11(2)14(15-3)13-10-16-17-18(13)12-8-6-5-7-9-12/h5-11,14-15H,4H2,1-3H3. The summed E-state index contributed by atoms with van der Waals surface area (Å²) in [4.78, 5) is 0. The number of rotatable bonds is 5. The summed E-state index contributed by atoms with van der Waals surface area (Å²) in [7, 11) is 1.99. The van der Waals surface area contributed by atoms with Crippen LogP contribution in [0.15, 0.2) is 36.5 Å². The lowest BCUT2D eigenvalue weighted by Gasteiger charge is -2.22. The van der Waals surface area contributed by atoms with E-state index in [2.05, 4.69) is 29.5 Å². The molecule has 18 heavy (non-hydrogen) atoms. The van der Waals surface area contributed by atoms with Crippen molar-refractivity contribution in [2.24, 2.45) is 5.92 Å². The summed E-state index contributed by atoms with van der Waals surface area (Å²) in [6.07, 6.45) is 2.96. The minimum absolute atomic E-state index is 0.269. The Kier molecular flexibility index (Phi) is 4.10. The van der Waals surface area contributed by atoms with Crippen LogP contribution in [0.25, 0.3) is 5.69 Å². The van der Waals surface area contributed by atoms with Crippen LogP contribution < -0.4 is 5.32 Å². The first kappa shape index (κ1) is 12.8. The first-order chi connectivity index (χ1) is 8.77. The zero-order chi connectivity index (χ0) is 13.0. The predicted molar refractivity (Wildman–Crippen MR) is 72.6 cm³/mol. The third-order valence-corrected chi connectivity index (χ3v) is 3.42. The molecule has 2 atom stereocenters. The zero-order valence-corrected chi connectivity index (χ0v) is 11.2. The average Bonchev–Trinajstić information content (AvgIpc) is 2.89. The fraction of sp³-hybridized carbons (Fsp3) is 0.429. The summed E-state index contributed by atoms with van der Waals surface area (Å²) in [6, 6.07) is 10.4. The van der Waals surface area contributed by atoms with E-state index in [1.807, 2.05) is 48.3 Å². The van der Waals surface area contributed by atoms with Gasteiger partial charge in [0.05, 0.1) is 23.6 Å². The summed E-state index contributed by atoms with van der Waals surface area (Å²) < 4.78 is 1.91. The van der Waals surface area contributed by atoms with Crippen LogP contribution in [-0.4, -0.2) is 22.0 Å². The molecule has 0 fully saturated rings. The molecule has 0 aliphatic carbocycles. The quantitative estimate of drug-likeness (QED) is 0.879. The van der Waals surface area contributed by atoms with E-state index in [9.17, 15) is 0 Å². The van der Waals surface area contributed by atoms with E-state index >= 15 is 0 Å². The Morgan fingerprint density at radius 1 is 1.28 bits per heavy atom. The van der Waals surface area contributed by atoms with Crippen molar-refractivity contribution < 1.29 is 0 Å². The van der Waals surface area contributed by atoms with E-state index in [1.54, 1.807) is 0 Å². The van der Waals surface area contributed by atoms with Gasteiger partial charge in [0, 0.05) is 0 Å². The minimum atomic E-state index is 0.269. The first-order valence-electron chi connectivity index (χ1n) is 6.41. The highest BCUT2D eigenvalue weighted by atomic mass is 15.4. The molecule has 1 aromatic carbocycles. The average molecular weight is 244 g/mol. The molecule has 0 aliphatic heterocycles. The summed E-state index contributed by atoms with van der Waals surface area (Å²) in [6.45, 7) is 4.44. The van der Waals surface area contributed by atoms with E-state index in [-0.39, 0.29) is 6.04 Å². The number of para-hydroxylation sites is 1. The Labute approximate surface area is 108 Å². The molecule has 0 bridgehead atoms. The van der Waals surface area contributed by atoms with Crippen molar-refractivity contribution >= 4 is 0 Å². The van der Waals surface area contributed by atoms with Crippen LogP contribution in [0.3, 0.4) is 0 Å². The van der Waals surface area contributed by atoms with Crippen LogP contribution in [0.2, 0.25) is 0 Å². The van der Waals surface area contributed by atoms with E-state index in [0.717, 1.165) is 17.8 Å². The molecular formula is C14H20N4. The first-order valence-corrected chi connectivity index (χ1v) is 6.41. The summed E-state index contributed by atoms with van der Waals surface area (Å²) in [5.41, 5.74) is 2.16. The second-order valence-corrected chi connectivity index (χ2v) is 4.56. The zero-order valence-electron chi connectivity index (χ0n) is 11.2. The van der Waals surface area contributed by atoms with Gasteiger partial charge in [-0.1, -0.05) is 43.7 Å². The van der Waals surface area contributed by atoms with Gasteiger partial charge in [-0.15, -0.1) is 5.10 Å². The van der Waals surface area contributed by atoms with Gasteiger partial charge >= 0.3 is 0 Å². The van der Waals surface area contributed by atoms with Crippen molar-refractivity contribution in [2.75, 3.05) is 7.05 Å². The van der Waals surface area contributed by atoms with Crippen molar-refractivity contribution in [3.05, 3.63) is 42.2 Å². The van der Waals surface area contributed by atoms with Crippen molar-refractivity contribution in [1.82, 2.24) is 20.3 Å². The number of nitrogens with one attached hydrogen (secondary N) is 1. The van der Waals surface area contributed by atoms with Gasteiger partial charge in [-0.2, -0.15) is 0 Å². The van der Waals surface area contributed by atoms with E-state index in [0.29, 0.717) is 5.92 Å². The summed E-state index contributed by atoms with van der Waals surface area (Å²) in [5.74, 6) is 0.538. The van der Waals surface area contributed by atoms with Gasteiger partial charge in [0.25, 0.3) is 0 Å². The lowest BCUT2D eigenvalue weighted by Crippen LogP contribution is -2.25. The van der Waals surface area contributed by atoms with Crippen molar-refractivity contribution in [2.45, 2.75) is 26.3 Å². The van der Waals surface area contributed by atoms with Gasteiger partial charge < -0.3 is 5.32 Å². The smallest absolute Gasteiger partial charge is 0.0817 e. The van der Waals surface area contributed by atoms with Crippen LogP contribution in [0.4, 0.5) is 0 Å². The third-order valence-electron chi connectivity index (χ3n) is 3.42. The van der Waals surface area contributed by atoms with Gasteiger partial charge in [-0.25, -0.2) is 4.68 Å². The molecule has 0 spiro atoms. The molecule has 0 saturated heterocycles. The van der Waals surface area contributed by atoms with Gasteiger partial charge in [-0.3, -0.25) is 0 Å². The minimum Gasteiger partial charge on any atom is -0.311 e. The van der Waals surface area contributed by atoms with E-state index in [4.69, 9.17) is 0 Å². The Hall–Kier alpha value is -1.68. The SMILES string of the molecule is CCC(C)C(NC)c1cnnn1-c1ccccc1. The molecule has 1 N–H and O–H groups in total. The van der Waals surface area contributed by atoms with Gasteiger partial charge in [0.1, 0.15) is 0 Å². The molecule has 0 radical (unpaired) electrons. The largest absolute Gasteiger partial charge is 0.311 e. The Balaban J connectivity index is 2.38. The molecule has 4 nitrogen and oxygen atoms in total. The van der Waals surface area contributed by atoms with Crippen molar-refractivity contribution in [3.8, 4) is 5.69 Å². The highest BCUT2D eigenvalue weighted by molar-refractivity contribution is 5.32. The Bertz CT molecular complexity index is 478. The second-order valence-electron chi connectivity index (χ2n) is 4.56. The maximum absolute atomic E-state index is 4.20. The number of nitrogens with zero attached hydrogens (tertiary/aromatic N) is 3. The molecule has 96 valence electrons. The van der Waals surface area contributed by atoms with E-state index in [1.165, 1.54) is 0 Å². The van der Waals surface area contributed by atoms with Crippen LogP contribution in [0.5, 0.6) is 0 Å².